The van der Waals surface area contributed by atoms with Crippen LogP contribution in [0.25, 0.3) is 0 Å². The Balaban J connectivity index is 1.56. The molecule has 1 aromatic carbocycles. The van der Waals surface area contributed by atoms with E-state index in [-0.39, 0.29) is 6.29 Å². The second-order valence-electron chi connectivity index (χ2n) is 9.28. The number of hydrogen-bond acceptors (Lipinski definition) is 2. The lowest BCUT2D eigenvalue weighted by Gasteiger charge is -2.36. The van der Waals surface area contributed by atoms with Gasteiger partial charge < -0.3 is 9.47 Å². The van der Waals surface area contributed by atoms with Gasteiger partial charge in [0.25, 0.3) is 0 Å². The largest absolute Gasteiger partial charge is 0.465 e. The molecule has 0 radical (unpaired) electrons. The third kappa shape index (κ3) is 6.82. The molecule has 2 aliphatic rings. The Morgan fingerprint density at radius 1 is 0.963 bits per heavy atom. The maximum Gasteiger partial charge on any atom is 0.200 e. The van der Waals surface area contributed by atoms with Crippen molar-refractivity contribution in [2.75, 3.05) is 6.61 Å². The summed E-state index contributed by atoms with van der Waals surface area (Å²) in [7, 11) is 0. The molecule has 2 nitrogen and oxygen atoms in total. The molecule has 2 saturated carbocycles. The van der Waals surface area contributed by atoms with Gasteiger partial charge in [0.2, 0.25) is 0 Å². The second kappa shape index (κ2) is 10.5. The lowest BCUT2D eigenvalue weighted by Crippen LogP contribution is -2.32. The fourth-order valence-corrected chi connectivity index (χ4v) is 4.94. The highest BCUT2D eigenvalue weighted by atomic mass is 16.7. The summed E-state index contributed by atoms with van der Waals surface area (Å²) in [6, 6.07) is 8.58. The Hall–Kier alpha value is -1.02. The van der Waals surface area contributed by atoms with Crippen molar-refractivity contribution in [1.82, 2.24) is 0 Å². The molecule has 1 aromatic rings. The Bertz CT molecular complexity index is 524. The average molecular weight is 373 g/mol. The zero-order valence-corrected chi connectivity index (χ0v) is 17.7. The Kier molecular flexibility index (Phi) is 8.06. The molecule has 0 heterocycles. The Morgan fingerprint density at radius 2 is 1.63 bits per heavy atom. The molecule has 2 fully saturated rings. The van der Waals surface area contributed by atoms with Gasteiger partial charge in [-0.15, -0.1) is 0 Å². The zero-order chi connectivity index (χ0) is 19.0. The van der Waals surface area contributed by atoms with E-state index in [1.807, 2.05) is 0 Å². The van der Waals surface area contributed by atoms with Gasteiger partial charge >= 0.3 is 0 Å². The minimum atomic E-state index is -0.107. The van der Waals surface area contributed by atoms with Crippen LogP contribution in [0, 0.1) is 11.3 Å². The van der Waals surface area contributed by atoms with Gasteiger partial charge in [0.1, 0.15) is 5.75 Å². The molecule has 2 aliphatic carbocycles. The van der Waals surface area contributed by atoms with E-state index in [1.54, 1.807) is 0 Å². The predicted molar refractivity (Wildman–Crippen MR) is 113 cm³/mol. The fourth-order valence-electron chi connectivity index (χ4n) is 4.94. The number of rotatable bonds is 9. The molecule has 0 aliphatic heterocycles. The minimum absolute atomic E-state index is 0.107. The van der Waals surface area contributed by atoms with Crippen molar-refractivity contribution in [1.29, 1.82) is 0 Å². The molecule has 3 rings (SSSR count). The predicted octanol–water partition coefficient (Wildman–Crippen LogP) is 7.30. The molecule has 0 N–H and O–H groups in total. The van der Waals surface area contributed by atoms with E-state index in [0.717, 1.165) is 31.1 Å². The van der Waals surface area contributed by atoms with Crippen molar-refractivity contribution in [2.24, 2.45) is 11.3 Å². The third-order valence-corrected chi connectivity index (χ3v) is 6.87. The molecule has 0 bridgehead atoms. The van der Waals surface area contributed by atoms with Crippen LogP contribution < -0.4 is 4.74 Å². The van der Waals surface area contributed by atoms with Gasteiger partial charge in [-0.25, -0.2) is 0 Å². The topological polar surface area (TPSA) is 18.5 Å². The first-order valence-electron chi connectivity index (χ1n) is 11.5. The summed E-state index contributed by atoms with van der Waals surface area (Å²) in [5, 5.41) is 0. The van der Waals surface area contributed by atoms with Crippen LogP contribution in [0.1, 0.15) is 96.5 Å². The molecule has 0 spiro atoms. The van der Waals surface area contributed by atoms with E-state index >= 15 is 0 Å². The molecule has 27 heavy (non-hydrogen) atoms. The second-order valence-corrected chi connectivity index (χ2v) is 9.28. The fraction of sp³-hybridized carbons (Fsp3) is 0.760. The summed E-state index contributed by atoms with van der Waals surface area (Å²) >= 11 is 0. The van der Waals surface area contributed by atoms with Crippen LogP contribution in [0.2, 0.25) is 0 Å². The van der Waals surface area contributed by atoms with Crippen molar-refractivity contribution < 1.29 is 9.47 Å². The quantitative estimate of drug-likeness (QED) is 0.423. The van der Waals surface area contributed by atoms with E-state index in [4.69, 9.17) is 9.47 Å². The maximum absolute atomic E-state index is 6.35. The molecule has 0 aromatic heterocycles. The Labute approximate surface area is 167 Å². The molecule has 0 amide bonds. The molecular formula is C25H40O2. The Morgan fingerprint density at radius 3 is 2.30 bits per heavy atom. The van der Waals surface area contributed by atoms with Crippen LogP contribution >= 0.6 is 0 Å². The van der Waals surface area contributed by atoms with E-state index in [1.165, 1.54) is 76.2 Å². The first-order valence-corrected chi connectivity index (χ1v) is 11.5. The van der Waals surface area contributed by atoms with Gasteiger partial charge in [-0.2, -0.15) is 0 Å². The van der Waals surface area contributed by atoms with Crippen molar-refractivity contribution in [3.8, 4) is 5.75 Å². The van der Waals surface area contributed by atoms with Crippen LogP contribution in [0.4, 0.5) is 0 Å². The molecule has 152 valence electrons. The maximum atomic E-state index is 6.35. The van der Waals surface area contributed by atoms with E-state index in [2.05, 4.69) is 38.1 Å². The molecule has 1 unspecified atom stereocenters. The number of benzene rings is 1. The van der Waals surface area contributed by atoms with Crippen LogP contribution in [-0.4, -0.2) is 12.9 Å². The van der Waals surface area contributed by atoms with Gasteiger partial charge in [-0.05, 0) is 54.7 Å². The molecule has 0 saturated heterocycles. The van der Waals surface area contributed by atoms with Crippen molar-refractivity contribution >= 4 is 0 Å². The summed E-state index contributed by atoms with van der Waals surface area (Å²) in [6.07, 6.45) is 16.9. The molecular weight excluding hydrogens is 332 g/mol. The molecule has 1 atom stereocenters. The van der Waals surface area contributed by atoms with Crippen LogP contribution in [0.15, 0.2) is 24.3 Å². The monoisotopic (exact) mass is 372 g/mol. The van der Waals surface area contributed by atoms with Crippen LogP contribution in [0.3, 0.4) is 0 Å². The smallest absolute Gasteiger partial charge is 0.200 e. The standard InChI is InChI=1S/C25H40O2/c1-3-21-12-14-23(15-13-21)27-24(20-25(2)17-8-5-9-18-25)26-19-16-22-10-6-4-7-11-22/h12-15,22,24H,3-11,16-20H2,1-2H3. The lowest BCUT2D eigenvalue weighted by molar-refractivity contribution is -0.111. The average Bonchev–Trinajstić information content (AvgIpc) is 2.69. The van der Waals surface area contributed by atoms with Crippen LogP contribution in [-0.2, 0) is 11.2 Å². The SMILES string of the molecule is CCc1ccc(OC(CC2(C)CCCCC2)OCCC2CCCCC2)cc1. The van der Waals surface area contributed by atoms with Crippen molar-refractivity contribution in [2.45, 2.75) is 104 Å². The van der Waals surface area contributed by atoms with E-state index in [0.29, 0.717) is 5.41 Å². The van der Waals surface area contributed by atoms with Gasteiger partial charge in [0.15, 0.2) is 6.29 Å². The van der Waals surface area contributed by atoms with Gasteiger partial charge in [0, 0.05) is 6.42 Å². The highest BCUT2D eigenvalue weighted by molar-refractivity contribution is 5.27. The summed E-state index contributed by atoms with van der Waals surface area (Å²) in [6.45, 7) is 5.47. The normalized spacial score (nSPS) is 21.7. The number of ether oxygens (including phenoxy) is 2. The van der Waals surface area contributed by atoms with E-state index in [9.17, 15) is 0 Å². The van der Waals surface area contributed by atoms with Crippen molar-refractivity contribution in [3.63, 3.8) is 0 Å². The zero-order valence-electron chi connectivity index (χ0n) is 17.7. The highest BCUT2D eigenvalue weighted by Gasteiger charge is 2.31. The number of hydrogen-bond donors (Lipinski definition) is 0. The van der Waals surface area contributed by atoms with E-state index < -0.39 is 0 Å². The van der Waals surface area contributed by atoms with Crippen molar-refractivity contribution in [3.05, 3.63) is 29.8 Å². The third-order valence-electron chi connectivity index (χ3n) is 6.87. The first-order chi connectivity index (χ1) is 13.2. The van der Waals surface area contributed by atoms with Gasteiger partial charge in [-0.1, -0.05) is 77.3 Å². The minimum Gasteiger partial charge on any atom is -0.465 e. The summed E-state index contributed by atoms with van der Waals surface area (Å²) in [5.74, 6) is 1.82. The van der Waals surface area contributed by atoms with Gasteiger partial charge in [-0.3, -0.25) is 0 Å². The highest BCUT2D eigenvalue weighted by Crippen LogP contribution is 2.40. The summed E-state index contributed by atoms with van der Waals surface area (Å²) in [5.41, 5.74) is 1.73. The summed E-state index contributed by atoms with van der Waals surface area (Å²) < 4.78 is 12.7. The van der Waals surface area contributed by atoms with Gasteiger partial charge in [0.05, 0.1) is 6.61 Å². The lowest BCUT2D eigenvalue weighted by atomic mass is 9.73. The number of aryl methyl sites for hydroxylation is 1. The molecule has 2 heteroatoms. The first kappa shape index (κ1) is 20.7. The van der Waals surface area contributed by atoms with Crippen LogP contribution in [0.5, 0.6) is 5.75 Å². The summed E-state index contributed by atoms with van der Waals surface area (Å²) in [4.78, 5) is 0.